The number of phenolic OH excluding ortho intramolecular Hbond substituents is 1. The van der Waals surface area contributed by atoms with E-state index in [2.05, 4.69) is 21.2 Å². The van der Waals surface area contributed by atoms with Crippen molar-refractivity contribution in [2.24, 2.45) is 0 Å². The molecule has 10 heteroatoms. The zero-order valence-electron chi connectivity index (χ0n) is 11.2. The molecule has 0 saturated carbocycles. The van der Waals surface area contributed by atoms with E-state index in [1.165, 1.54) is 4.90 Å². The second-order valence-corrected chi connectivity index (χ2v) is 5.47. The number of aromatic hydroxyl groups is 1. The molecule has 1 aliphatic heterocycles. The van der Waals surface area contributed by atoms with Gasteiger partial charge in [0.2, 0.25) is 0 Å². The van der Waals surface area contributed by atoms with Crippen LogP contribution in [0.15, 0.2) is 16.6 Å². The number of hydrogen-bond donors (Lipinski definition) is 2. The quantitative estimate of drug-likeness (QED) is 0.704. The Hall–Kier alpha value is -0.280. The number of alkyl halides is 3. The van der Waals surface area contributed by atoms with Crippen LogP contribution < -0.4 is 5.32 Å². The van der Waals surface area contributed by atoms with Gasteiger partial charge in [0.15, 0.2) is 11.6 Å². The third-order valence-corrected chi connectivity index (χ3v) is 3.64. The van der Waals surface area contributed by atoms with E-state index in [1.54, 1.807) is 0 Å². The van der Waals surface area contributed by atoms with Crippen LogP contribution in [0.4, 0.5) is 17.6 Å². The summed E-state index contributed by atoms with van der Waals surface area (Å²) in [6.45, 7) is 1.20. The highest BCUT2D eigenvalue weighted by atomic mass is 79.9. The maximum absolute atomic E-state index is 13.5. The first-order valence-corrected chi connectivity index (χ1v) is 6.79. The molecule has 1 aliphatic rings. The van der Waals surface area contributed by atoms with E-state index in [9.17, 15) is 22.7 Å². The molecule has 128 valence electrons. The van der Waals surface area contributed by atoms with Gasteiger partial charge in [-0.05, 0) is 12.1 Å². The number of benzene rings is 1. The smallest absolute Gasteiger partial charge is 0.408 e. The summed E-state index contributed by atoms with van der Waals surface area (Å²) in [6, 6.07) is 0.0272. The first kappa shape index (κ1) is 21.7. The van der Waals surface area contributed by atoms with Crippen molar-refractivity contribution in [3.63, 3.8) is 0 Å². The van der Waals surface area contributed by atoms with Gasteiger partial charge >= 0.3 is 6.18 Å². The molecule has 1 fully saturated rings. The molecule has 0 amide bonds. The molecule has 1 saturated heterocycles. The molecule has 0 unspecified atom stereocenters. The Bertz CT molecular complexity index is 499. The summed E-state index contributed by atoms with van der Waals surface area (Å²) in [5, 5.41) is 12.6. The molecule has 1 aromatic carbocycles. The van der Waals surface area contributed by atoms with Crippen molar-refractivity contribution in [2.75, 3.05) is 26.2 Å². The summed E-state index contributed by atoms with van der Waals surface area (Å²) in [7, 11) is 0. The van der Waals surface area contributed by atoms with Crippen molar-refractivity contribution in [2.45, 2.75) is 12.2 Å². The maximum atomic E-state index is 13.5. The van der Waals surface area contributed by atoms with E-state index in [0.717, 1.165) is 12.1 Å². The number of rotatable bonds is 2. The molecule has 0 aliphatic carbocycles. The van der Waals surface area contributed by atoms with E-state index in [4.69, 9.17) is 0 Å². The van der Waals surface area contributed by atoms with Crippen molar-refractivity contribution < 1.29 is 22.7 Å². The van der Waals surface area contributed by atoms with Crippen molar-refractivity contribution in [1.82, 2.24) is 10.2 Å². The molecule has 2 N–H and O–H groups in total. The number of piperazine rings is 1. The Labute approximate surface area is 146 Å². The van der Waals surface area contributed by atoms with Crippen LogP contribution in [0.5, 0.6) is 5.75 Å². The lowest BCUT2D eigenvalue weighted by Crippen LogP contribution is -2.49. The van der Waals surface area contributed by atoms with Gasteiger partial charge in [0, 0.05) is 36.2 Å². The standard InChI is InChI=1S/C12H13BrF4N2O.2ClH/c13-7-5-8(10(20)9(14)6-7)11(12(15,16)17)19-3-1-18-2-4-19;;/h5-6,11,18,20H,1-4H2;2*1H/t11-;;/m1../s1. The summed E-state index contributed by atoms with van der Waals surface area (Å²) in [6.07, 6.45) is -4.60. The van der Waals surface area contributed by atoms with Gasteiger partial charge in [0.25, 0.3) is 0 Å². The highest BCUT2D eigenvalue weighted by Gasteiger charge is 2.46. The molecule has 0 radical (unpaired) electrons. The lowest BCUT2D eigenvalue weighted by Gasteiger charge is -2.36. The third kappa shape index (κ3) is 4.86. The molecule has 0 spiro atoms. The predicted octanol–water partition coefficient (Wildman–Crippen LogP) is 3.65. The van der Waals surface area contributed by atoms with Crippen LogP contribution in [-0.4, -0.2) is 42.4 Å². The monoisotopic (exact) mass is 428 g/mol. The van der Waals surface area contributed by atoms with Crippen LogP contribution in [0.1, 0.15) is 11.6 Å². The topological polar surface area (TPSA) is 35.5 Å². The van der Waals surface area contributed by atoms with E-state index in [0.29, 0.717) is 13.1 Å². The Morgan fingerprint density at radius 1 is 1.18 bits per heavy atom. The van der Waals surface area contributed by atoms with E-state index >= 15 is 0 Å². The van der Waals surface area contributed by atoms with Gasteiger partial charge in [-0.25, -0.2) is 4.39 Å². The SMILES string of the molecule is Cl.Cl.Oc1c(F)cc(Br)cc1[C@@H](N1CCNCC1)C(F)(F)F. The summed E-state index contributed by atoms with van der Waals surface area (Å²) in [4.78, 5) is 1.19. The van der Waals surface area contributed by atoms with E-state index in [1.807, 2.05) is 0 Å². The van der Waals surface area contributed by atoms with Crippen molar-refractivity contribution in [3.8, 4) is 5.75 Å². The minimum atomic E-state index is -4.60. The number of phenols is 1. The summed E-state index contributed by atoms with van der Waals surface area (Å²) >= 11 is 2.96. The molecule has 0 aromatic heterocycles. The molecule has 2 rings (SSSR count). The molecular weight excluding hydrogens is 415 g/mol. The van der Waals surface area contributed by atoms with Crippen LogP contribution in [-0.2, 0) is 0 Å². The summed E-state index contributed by atoms with van der Waals surface area (Å²) < 4.78 is 53.6. The first-order chi connectivity index (χ1) is 9.30. The zero-order valence-corrected chi connectivity index (χ0v) is 14.4. The second-order valence-electron chi connectivity index (χ2n) is 4.56. The van der Waals surface area contributed by atoms with Gasteiger partial charge in [-0.2, -0.15) is 13.2 Å². The van der Waals surface area contributed by atoms with Gasteiger partial charge in [0.05, 0.1) is 0 Å². The minimum absolute atomic E-state index is 0. The summed E-state index contributed by atoms with van der Waals surface area (Å²) in [5.74, 6) is -2.02. The molecule has 0 bridgehead atoms. The van der Waals surface area contributed by atoms with Gasteiger partial charge < -0.3 is 10.4 Å². The average molecular weight is 430 g/mol. The van der Waals surface area contributed by atoms with E-state index < -0.39 is 29.3 Å². The lowest BCUT2D eigenvalue weighted by molar-refractivity contribution is -0.188. The summed E-state index contributed by atoms with van der Waals surface area (Å²) in [5.41, 5.74) is -0.466. The molecule has 1 atom stereocenters. The zero-order chi connectivity index (χ0) is 14.9. The van der Waals surface area contributed by atoms with Gasteiger partial charge in [0.1, 0.15) is 6.04 Å². The second kappa shape index (κ2) is 8.54. The van der Waals surface area contributed by atoms with Crippen molar-refractivity contribution in [3.05, 3.63) is 28.0 Å². The molecule has 1 heterocycles. The minimum Gasteiger partial charge on any atom is -0.505 e. The van der Waals surface area contributed by atoms with E-state index in [-0.39, 0.29) is 42.4 Å². The number of hydrogen-bond acceptors (Lipinski definition) is 3. The fourth-order valence-corrected chi connectivity index (χ4v) is 2.76. The Morgan fingerprint density at radius 2 is 1.73 bits per heavy atom. The fraction of sp³-hybridized carbons (Fsp3) is 0.500. The molecule has 3 nitrogen and oxygen atoms in total. The normalized spacial score (nSPS) is 17.3. The highest BCUT2D eigenvalue weighted by molar-refractivity contribution is 9.10. The Morgan fingerprint density at radius 3 is 2.23 bits per heavy atom. The molecular formula is C12H15BrCl2F4N2O. The first-order valence-electron chi connectivity index (χ1n) is 6.00. The Balaban J connectivity index is 0.00000220. The number of nitrogens with one attached hydrogen (secondary N) is 1. The van der Waals surface area contributed by atoms with Gasteiger partial charge in [-0.3, -0.25) is 4.90 Å². The van der Waals surface area contributed by atoms with Crippen LogP contribution in [0, 0.1) is 5.82 Å². The van der Waals surface area contributed by atoms with Gasteiger partial charge in [-0.15, -0.1) is 24.8 Å². The van der Waals surface area contributed by atoms with Crippen molar-refractivity contribution >= 4 is 40.7 Å². The largest absolute Gasteiger partial charge is 0.505 e. The molecule has 22 heavy (non-hydrogen) atoms. The van der Waals surface area contributed by atoms with Crippen LogP contribution in [0.25, 0.3) is 0 Å². The Kier molecular flexibility index (Phi) is 8.43. The van der Waals surface area contributed by atoms with Crippen LogP contribution in [0.2, 0.25) is 0 Å². The van der Waals surface area contributed by atoms with Crippen LogP contribution in [0.3, 0.4) is 0 Å². The van der Waals surface area contributed by atoms with Crippen LogP contribution >= 0.6 is 40.7 Å². The third-order valence-electron chi connectivity index (χ3n) is 3.18. The number of nitrogens with zero attached hydrogens (tertiary/aromatic N) is 1. The predicted molar refractivity (Wildman–Crippen MR) is 83.5 cm³/mol. The average Bonchev–Trinajstić information content (AvgIpc) is 2.35. The highest BCUT2D eigenvalue weighted by Crippen LogP contribution is 2.43. The lowest BCUT2D eigenvalue weighted by atomic mass is 10.0. The number of halogens is 7. The van der Waals surface area contributed by atoms with Crippen molar-refractivity contribution in [1.29, 1.82) is 0 Å². The molecule has 1 aromatic rings. The maximum Gasteiger partial charge on any atom is 0.408 e. The fourth-order valence-electron chi connectivity index (χ4n) is 2.31. The van der Waals surface area contributed by atoms with Gasteiger partial charge in [-0.1, -0.05) is 15.9 Å².